The fourth-order valence-corrected chi connectivity index (χ4v) is 6.66. The highest BCUT2D eigenvalue weighted by atomic mass is 16.6. The lowest BCUT2D eigenvalue weighted by Crippen LogP contribution is -2.65. The van der Waals surface area contributed by atoms with E-state index in [9.17, 15) is 9.90 Å². The number of fused-ring (bicyclic) bond motifs is 2. The van der Waals surface area contributed by atoms with Gasteiger partial charge in [0.15, 0.2) is 11.5 Å². The van der Waals surface area contributed by atoms with Crippen LogP contribution in [0.1, 0.15) is 65.7 Å². The van der Waals surface area contributed by atoms with Gasteiger partial charge in [-0.2, -0.15) is 0 Å². The summed E-state index contributed by atoms with van der Waals surface area (Å²) >= 11 is 0. The second kappa shape index (κ2) is 7.13. The van der Waals surface area contributed by atoms with E-state index in [0.29, 0.717) is 34.9 Å². The third kappa shape index (κ3) is 2.72. The van der Waals surface area contributed by atoms with Gasteiger partial charge in [-0.15, -0.1) is 0 Å². The summed E-state index contributed by atoms with van der Waals surface area (Å²) in [7, 11) is 1.56. The minimum atomic E-state index is -0.590. The van der Waals surface area contributed by atoms with Crippen molar-refractivity contribution in [3.63, 3.8) is 0 Å². The summed E-state index contributed by atoms with van der Waals surface area (Å²) < 4.78 is 17.5. The summed E-state index contributed by atoms with van der Waals surface area (Å²) in [6.45, 7) is 6.01. The normalized spacial score (nSPS) is 43.4. The van der Waals surface area contributed by atoms with Crippen molar-refractivity contribution in [2.75, 3.05) is 7.11 Å². The Hall–Kier alpha value is -1.79. The first-order chi connectivity index (χ1) is 14.4. The van der Waals surface area contributed by atoms with Gasteiger partial charge in [0.05, 0.1) is 18.3 Å². The molecule has 0 spiro atoms. The van der Waals surface area contributed by atoms with Gasteiger partial charge in [0.25, 0.3) is 0 Å². The number of ether oxygens (including phenoxy) is 3. The van der Waals surface area contributed by atoms with Crippen molar-refractivity contribution in [1.29, 1.82) is 0 Å². The molecule has 0 aromatic rings. The van der Waals surface area contributed by atoms with Crippen LogP contribution in [0.25, 0.3) is 0 Å². The maximum Gasteiger partial charge on any atom is 0.343 e. The van der Waals surface area contributed by atoms with Crippen LogP contribution in [-0.2, 0) is 19.0 Å². The number of allylic oxidation sites excluding steroid dienone is 1. The Morgan fingerprint density at radius 3 is 2.83 bits per heavy atom. The minimum Gasteiger partial charge on any atom is -0.492 e. The monoisotopic (exact) mass is 415 g/mol. The number of hydrogen-bond acceptors (Lipinski definition) is 6. The molecule has 6 heteroatoms. The molecule has 6 unspecified atom stereocenters. The topological polar surface area (TPSA) is 68.2 Å². The summed E-state index contributed by atoms with van der Waals surface area (Å²) in [5.74, 6) is 2.54. The number of hydrogen-bond donors (Lipinski definition) is 1. The highest BCUT2D eigenvalue weighted by Crippen LogP contribution is 2.53. The van der Waals surface area contributed by atoms with Gasteiger partial charge in [-0.3, -0.25) is 4.90 Å². The number of carbonyl (C=O) groups is 1. The van der Waals surface area contributed by atoms with E-state index in [1.807, 2.05) is 0 Å². The van der Waals surface area contributed by atoms with Gasteiger partial charge in [0.2, 0.25) is 5.76 Å². The van der Waals surface area contributed by atoms with E-state index in [1.165, 1.54) is 0 Å². The number of carbonyl (C=O) groups excluding carboxylic acids is 1. The van der Waals surface area contributed by atoms with Crippen LogP contribution in [0.3, 0.4) is 0 Å². The Morgan fingerprint density at radius 2 is 2.10 bits per heavy atom. The van der Waals surface area contributed by atoms with Crippen LogP contribution in [0.4, 0.5) is 0 Å². The summed E-state index contributed by atoms with van der Waals surface area (Å²) in [6.07, 6.45) is 9.22. The van der Waals surface area contributed by atoms with Gasteiger partial charge in [-0.25, -0.2) is 4.79 Å². The molecule has 0 aromatic heterocycles. The van der Waals surface area contributed by atoms with Gasteiger partial charge >= 0.3 is 5.97 Å². The number of esters is 1. The minimum absolute atomic E-state index is 0.0780. The molecule has 30 heavy (non-hydrogen) atoms. The molecule has 0 aromatic carbocycles. The maximum atomic E-state index is 12.2. The van der Waals surface area contributed by atoms with Crippen molar-refractivity contribution in [3.05, 3.63) is 34.7 Å². The Balaban J connectivity index is 1.54. The van der Waals surface area contributed by atoms with E-state index < -0.39 is 5.60 Å². The average molecular weight is 416 g/mol. The molecule has 5 rings (SSSR count). The van der Waals surface area contributed by atoms with Crippen LogP contribution < -0.4 is 0 Å². The molecule has 164 valence electrons. The number of cyclic esters (lactones) is 1. The second-order valence-corrected chi connectivity index (χ2v) is 9.61. The van der Waals surface area contributed by atoms with Crippen molar-refractivity contribution >= 4 is 5.97 Å². The highest BCUT2D eigenvalue weighted by Gasteiger charge is 2.55. The highest BCUT2D eigenvalue weighted by molar-refractivity contribution is 5.93. The molecule has 0 amide bonds. The third-order valence-electron chi connectivity index (χ3n) is 8.27. The van der Waals surface area contributed by atoms with E-state index in [0.717, 1.165) is 50.7 Å². The van der Waals surface area contributed by atoms with Crippen molar-refractivity contribution < 1.29 is 24.1 Å². The molecule has 3 saturated heterocycles. The molecule has 5 aliphatic heterocycles. The molecule has 6 atom stereocenters. The van der Waals surface area contributed by atoms with Gasteiger partial charge in [-0.05, 0) is 51.5 Å². The van der Waals surface area contributed by atoms with Crippen molar-refractivity contribution in [1.82, 2.24) is 4.90 Å². The first kappa shape index (κ1) is 20.1. The zero-order valence-electron chi connectivity index (χ0n) is 18.4. The molecule has 6 nitrogen and oxygen atoms in total. The number of rotatable bonds is 2. The quantitative estimate of drug-likeness (QED) is 0.693. The molecular formula is C24H33NO5. The molecule has 0 radical (unpaired) electrons. The van der Waals surface area contributed by atoms with Crippen molar-refractivity contribution in [2.24, 2.45) is 11.8 Å². The zero-order valence-corrected chi connectivity index (χ0v) is 18.4. The number of nitrogens with zero attached hydrogens (tertiary/aromatic N) is 1. The summed E-state index contributed by atoms with van der Waals surface area (Å²) in [5, 5.41) is 11.4. The van der Waals surface area contributed by atoms with Crippen LogP contribution in [0, 0.1) is 11.8 Å². The van der Waals surface area contributed by atoms with Crippen LogP contribution in [0.2, 0.25) is 0 Å². The van der Waals surface area contributed by atoms with E-state index in [4.69, 9.17) is 14.2 Å². The fraction of sp³-hybridized carbons (Fsp3) is 0.708. The third-order valence-corrected chi connectivity index (χ3v) is 8.27. The molecule has 5 aliphatic rings. The Kier molecular flexibility index (Phi) is 4.78. The molecule has 3 fully saturated rings. The maximum absolute atomic E-state index is 12.2. The SMILES string of the molecule is CCC1(O)CCC2CC=C3OC(=C4OC(=O)C(C)=C4OC)C(C)C3C3CCCC1N23. The zero-order chi connectivity index (χ0) is 21.2. The lowest BCUT2D eigenvalue weighted by atomic mass is 9.71. The van der Waals surface area contributed by atoms with Gasteiger partial charge < -0.3 is 19.3 Å². The number of aliphatic hydroxyl groups is 1. The van der Waals surface area contributed by atoms with E-state index in [1.54, 1.807) is 14.0 Å². The Morgan fingerprint density at radius 1 is 1.30 bits per heavy atom. The lowest BCUT2D eigenvalue weighted by Gasteiger charge is -2.56. The van der Waals surface area contributed by atoms with E-state index in [2.05, 4.69) is 24.8 Å². The molecule has 0 saturated carbocycles. The standard InChI is InChI=1S/C24H33NO5/c1-5-24(27)12-11-15-9-10-17-19(16-7-6-8-18(24)25(15)16)13(2)21(29-17)22-20(28-4)14(3)23(26)30-22/h10,13,15-16,18-19,27H,5-9,11-12H2,1-4H3. The smallest absolute Gasteiger partial charge is 0.343 e. The Bertz CT molecular complexity index is 858. The number of piperidine rings is 2. The molecule has 0 aliphatic carbocycles. The first-order valence-corrected chi connectivity index (χ1v) is 11.5. The predicted octanol–water partition coefficient (Wildman–Crippen LogP) is 3.77. The van der Waals surface area contributed by atoms with Gasteiger partial charge in [-0.1, -0.05) is 20.3 Å². The van der Waals surface area contributed by atoms with Crippen LogP contribution >= 0.6 is 0 Å². The summed E-state index contributed by atoms with van der Waals surface area (Å²) in [5.41, 5.74) is -0.105. The lowest BCUT2D eigenvalue weighted by molar-refractivity contribution is -0.140. The van der Waals surface area contributed by atoms with Gasteiger partial charge in [0, 0.05) is 30.0 Å². The first-order valence-electron chi connectivity index (χ1n) is 11.5. The van der Waals surface area contributed by atoms with Crippen molar-refractivity contribution in [3.8, 4) is 0 Å². The predicted molar refractivity (Wildman–Crippen MR) is 111 cm³/mol. The second-order valence-electron chi connectivity index (χ2n) is 9.61. The largest absolute Gasteiger partial charge is 0.492 e. The summed E-state index contributed by atoms with van der Waals surface area (Å²) in [6, 6.07) is 1.03. The average Bonchev–Trinajstić information content (AvgIpc) is 3.16. The van der Waals surface area contributed by atoms with Crippen LogP contribution in [0.15, 0.2) is 34.7 Å². The van der Waals surface area contributed by atoms with Crippen LogP contribution in [-0.4, -0.2) is 46.8 Å². The van der Waals surface area contributed by atoms with E-state index >= 15 is 0 Å². The molecule has 5 heterocycles. The van der Waals surface area contributed by atoms with Crippen LogP contribution in [0.5, 0.6) is 0 Å². The van der Waals surface area contributed by atoms with Crippen molar-refractivity contribution in [2.45, 2.75) is 89.4 Å². The molecule has 1 N–H and O–H groups in total. The number of methoxy groups -OCH3 is 1. The molecule has 0 bridgehead atoms. The fourth-order valence-electron chi connectivity index (χ4n) is 6.66. The molecular weight excluding hydrogens is 382 g/mol. The van der Waals surface area contributed by atoms with E-state index in [-0.39, 0.29) is 23.8 Å². The Labute approximate surface area is 178 Å². The summed E-state index contributed by atoms with van der Waals surface area (Å²) in [4.78, 5) is 14.8. The van der Waals surface area contributed by atoms with Gasteiger partial charge in [0.1, 0.15) is 5.76 Å².